The Labute approximate surface area is 111 Å². The summed E-state index contributed by atoms with van der Waals surface area (Å²) in [4.78, 5) is 10.6. The van der Waals surface area contributed by atoms with Crippen LogP contribution in [0.5, 0.6) is 0 Å². The fourth-order valence-electron chi connectivity index (χ4n) is 1.90. The van der Waals surface area contributed by atoms with Gasteiger partial charge in [-0.3, -0.25) is 0 Å². The predicted octanol–water partition coefficient (Wildman–Crippen LogP) is 3.92. The molecule has 2 aromatic rings. The van der Waals surface area contributed by atoms with E-state index in [2.05, 4.69) is 0 Å². The zero-order valence-corrected chi connectivity index (χ0v) is 10.2. The van der Waals surface area contributed by atoms with E-state index in [-0.39, 0.29) is 0 Å². The summed E-state index contributed by atoms with van der Waals surface area (Å²) in [6.07, 6.45) is 0. The highest BCUT2D eigenvalue weighted by Gasteiger charge is 2.21. The van der Waals surface area contributed by atoms with Gasteiger partial charge < -0.3 is 5.11 Å². The maximum Gasteiger partial charge on any atom is 0.341 e. The van der Waals surface area contributed by atoms with Crippen molar-refractivity contribution in [3.8, 4) is 11.1 Å². The topological polar surface area (TPSA) is 37.3 Å². The number of carboxylic acid groups (broad SMARTS) is 1. The third-order valence-corrected chi connectivity index (χ3v) is 2.73. The molecule has 0 aliphatic carbocycles. The van der Waals surface area contributed by atoms with Crippen molar-refractivity contribution in [2.45, 2.75) is 6.92 Å². The normalized spacial score (nSPS) is 10.7. The van der Waals surface area contributed by atoms with Crippen LogP contribution >= 0.6 is 0 Å². The van der Waals surface area contributed by atoms with Crippen molar-refractivity contribution >= 4 is 5.97 Å². The molecule has 0 fully saturated rings. The maximum absolute atomic E-state index is 13.7. The molecule has 0 amide bonds. The lowest BCUT2D eigenvalue weighted by atomic mass is 10.0. The van der Waals surface area contributed by atoms with Crippen LogP contribution in [0.2, 0.25) is 0 Å². The van der Waals surface area contributed by atoms with Crippen molar-refractivity contribution in [1.29, 1.82) is 0 Å². The standard InChI is InChI=1S/C14H8F4O2/c1-6-2-8(15)12(9(16)3-6)7-4-10(17)13(14(19)20)11(18)5-7/h2-5H,1H3,(H,19,20). The number of hydrogen-bond donors (Lipinski definition) is 1. The average Bonchev–Trinajstić information content (AvgIpc) is 2.25. The van der Waals surface area contributed by atoms with Crippen molar-refractivity contribution in [3.63, 3.8) is 0 Å². The van der Waals surface area contributed by atoms with Gasteiger partial charge in [0, 0.05) is 0 Å². The highest BCUT2D eigenvalue weighted by molar-refractivity contribution is 5.89. The number of benzene rings is 2. The van der Waals surface area contributed by atoms with Crippen molar-refractivity contribution < 1.29 is 27.5 Å². The number of aryl methyl sites for hydroxylation is 1. The van der Waals surface area contributed by atoms with Crippen LogP contribution in [0.1, 0.15) is 15.9 Å². The molecule has 0 atom stereocenters. The fraction of sp³-hybridized carbons (Fsp3) is 0.0714. The van der Waals surface area contributed by atoms with Gasteiger partial charge in [-0.1, -0.05) is 0 Å². The Bertz CT molecular complexity index is 664. The molecule has 0 saturated heterocycles. The number of carbonyl (C=O) groups is 1. The predicted molar refractivity (Wildman–Crippen MR) is 63.4 cm³/mol. The van der Waals surface area contributed by atoms with E-state index in [1.807, 2.05) is 0 Å². The quantitative estimate of drug-likeness (QED) is 0.849. The van der Waals surface area contributed by atoms with Crippen LogP contribution in [-0.2, 0) is 0 Å². The molecule has 2 nitrogen and oxygen atoms in total. The molecule has 0 spiro atoms. The summed E-state index contributed by atoms with van der Waals surface area (Å²) in [6.45, 7) is 1.46. The molecule has 20 heavy (non-hydrogen) atoms. The van der Waals surface area contributed by atoms with Crippen LogP contribution in [0.4, 0.5) is 17.6 Å². The molecule has 1 N–H and O–H groups in total. The van der Waals surface area contributed by atoms with Crippen molar-refractivity contribution in [2.24, 2.45) is 0 Å². The van der Waals surface area contributed by atoms with E-state index < -0.39 is 45.9 Å². The minimum absolute atomic E-state index is 0.312. The lowest BCUT2D eigenvalue weighted by Gasteiger charge is -2.08. The number of aromatic carboxylic acids is 1. The van der Waals surface area contributed by atoms with E-state index in [0.717, 1.165) is 12.1 Å². The van der Waals surface area contributed by atoms with Gasteiger partial charge in [-0.05, 0) is 42.3 Å². The highest BCUT2D eigenvalue weighted by Crippen LogP contribution is 2.29. The first-order chi connectivity index (χ1) is 9.31. The summed E-state index contributed by atoms with van der Waals surface area (Å²) in [6, 6.07) is 3.20. The van der Waals surface area contributed by atoms with Crippen molar-refractivity contribution in [1.82, 2.24) is 0 Å². The van der Waals surface area contributed by atoms with Gasteiger partial charge in [0.15, 0.2) is 0 Å². The van der Waals surface area contributed by atoms with Gasteiger partial charge in [0.25, 0.3) is 0 Å². The lowest BCUT2D eigenvalue weighted by Crippen LogP contribution is -2.05. The Morgan fingerprint density at radius 1 is 0.900 bits per heavy atom. The van der Waals surface area contributed by atoms with Gasteiger partial charge in [-0.25, -0.2) is 22.4 Å². The maximum atomic E-state index is 13.7. The number of rotatable bonds is 2. The molecule has 0 radical (unpaired) electrons. The van der Waals surface area contributed by atoms with E-state index in [9.17, 15) is 22.4 Å². The molecular formula is C14H8F4O2. The molecule has 2 aromatic carbocycles. The highest BCUT2D eigenvalue weighted by atomic mass is 19.1. The molecule has 104 valence electrons. The summed E-state index contributed by atoms with van der Waals surface area (Å²) in [5, 5.41) is 8.63. The van der Waals surface area contributed by atoms with E-state index in [1.165, 1.54) is 6.92 Å². The van der Waals surface area contributed by atoms with Crippen molar-refractivity contribution in [2.75, 3.05) is 0 Å². The molecule has 0 saturated carbocycles. The van der Waals surface area contributed by atoms with Crippen molar-refractivity contribution in [3.05, 3.63) is 58.7 Å². The Kier molecular flexibility index (Phi) is 3.48. The van der Waals surface area contributed by atoms with Gasteiger partial charge >= 0.3 is 5.97 Å². The largest absolute Gasteiger partial charge is 0.477 e. The first-order valence-electron chi connectivity index (χ1n) is 5.49. The second kappa shape index (κ2) is 4.96. The van der Waals surface area contributed by atoms with Gasteiger partial charge in [-0.2, -0.15) is 0 Å². The summed E-state index contributed by atoms with van der Waals surface area (Å²) >= 11 is 0. The van der Waals surface area contributed by atoms with E-state index in [0.29, 0.717) is 17.7 Å². The van der Waals surface area contributed by atoms with Gasteiger partial charge in [0.1, 0.15) is 28.8 Å². The number of hydrogen-bond acceptors (Lipinski definition) is 1. The molecule has 0 aliphatic heterocycles. The summed E-state index contributed by atoms with van der Waals surface area (Å²) < 4.78 is 54.5. The molecule has 6 heteroatoms. The zero-order valence-electron chi connectivity index (χ0n) is 10.2. The van der Waals surface area contributed by atoms with Gasteiger partial charge in [0.05, 0.1) is 5.56 Å². The Morgan fingerprint density at radius 2 is 1.35 bits per heavy atom. The number of halogens is 4. The minimum Gasteiger partial charge on any atom is -0.477 e. The Morgan fingerprint density at radius 3 is 1.75 bits per heavy atom. The van der Waals surface area contributed by atoms with Gasteiger partial charge in [-0.15, -0.1) is 0 Å². The smallest absolute Gasteiger partial charge is 0.341 e. The second-order valence-electron chi connectivity index (χ2n) is 4.22. The van der Waals surface area contributed by atoms with Crippen LogP contribution in [0.3, 0.4) is 0 Å². The van der Waals surface area contributed by atoms with E-state index in [1.54, 1.807) is 0 Å². The van der Waals surface area contributed by atoms with Gasteiger partial charge in [0.2, 0.25) is 0 Å². The van der Waals surface area contributed by atoms with Crippen LogP contribution in [0.25, 0.3) is 11.1 Å². The molecule has 0 aliphatic rings. The molecule has 0 heterocycles. The lowest BCUT2D eigenvalue weighted by molar-refractivity contribution is 0.0686. The molecule has 0 bridgehead atoms. The average molecular weight is 284 g/mol. The van der Waals surface area contributed by atoms with E-state index >= 15 is 0 Å². The zero-order chi connectivity index (χ0) is 15.0. The SMILES string of the molecule is Cc1cc(F)c(-c2cc(F)c(C(=O)O)c(F)c2)c(F)c1. The Hall–Kier alpha value is -2.37. The fourth-order valence-corrected chi connectivity index (χ4v) is 1.90. The number of carboxylic acids is 1. The molecule has 0 unspecified atom stereocenters. The summed E-state index contributed by atoms with van der Waals surface area (Å²) in [7, 11) is 0. The first-order valence-corrected chi connectivity index (χ1v) is 5.49. The van der Waals surface area contributed by atoms with Crippen LogP contribution in [0, 0.1) is 30.2 Å². The summed E-state index contributed by atoms with van der Waals surface area (Å²) in [5.41, 5.74) is -1.86. The minimum atomic E-state index is -1.80. The van der Waals surface area contributed by atoms with E-state index in [4.69, 9.17) is 5.11 Å². The third-order valence-electron chi connectivity index (χ3n) is 2.73. The second-order valence-corrected chi connectivity index (χ2v) is 4.22. The Balaban J connectivity index is 2.70. The first kappa shape index (κ1) is 14.0. The molecule has 0 aromatic heterocycles. The van der Waals surface area contributed by atoms with Crippen LogP contribution in [0.15, 0.2) is 24.3 Å². The van der Waals surface area contributed by atoms with Crippen LogP contribution in [-0.4, -0.2) is 11.1 Å². The molecule has 2 rings (SSSR count). The monoisotopic (exact) mass is 284 g/mol. The molecular weight excluding hydrogens is 276 g/mol. The third kappa shape index (κ3) is 2.36. The van der Waals surface area contributed by atoms with Crippen LogP contribution < -0.4 is 0 Å². The summed E-state index contributed by atoms with van der Waals surface area (Å²) in [5.74, 6) is -6.55.